The van der Waals surface area contributed by atoms with Gasteiger partial charge in [-0.05, 0) is 13.3 Å². The highest BCUT2D eigenvalue weighted by molar-refractivity contribution is 5.75. The number of carbonyl (C=O) groups is 1. The average Bonchev–Trinajstić information content (AvgIpc) is 1.79. The molecular weight excluding hydrogens is 157 g/mol. The van der Waals surface area contributed by atoms with Crippen molar-refractivity contribution >= 4 is 5.78 Å². The van der Waals surface area contributed by atoms with Crippen LogP contribution < -0.4 is 0 Å². The molecular formula is C7H11F3O. The number of halogens is 3. The van der Waals surface area contributed by atoms with Gasteiger partial charge < -0.3 is 4.79 Å². The number of Topliss-reactive ketones (excluding diaryl/α,β-unsaturated/α-hetero) is 1. The van der Waals surface area contributed by atoms with Gasteiger partial charge >= 0.3 is 6.18 Å². The van der Waals surface area contributed by atoms with Gasteiger partial charge in [-0.1, -0.05) is 6.92 Å². The van der Waals surface area contributed by atoms with Crippen LogP contribution in [0.1, 0.15) is 26.7 Å². The van der Waals surface area contributed by atoms with Gasteiger partial charge in [-0.2, -0.15) is 13.2 Å². The molecule has 0 aliphatic rings. The fourth-order valence-corrected chi connectivity index (χ4v) is 0.839. The molecule has 1 unspecified atom stereocenters. The zero-order valence-electron chi connectivity index (χ0n) is 6.53. The highest BCUT2D eigenvalue weighted by atomic mass is 19.4. The maximum Gasteiger partial charge on any atom is 0.392 e. The first kappa shape index (κ1) is 10.5. The van der Waals surface area contributed by atoms with Crippen molar-refractivity contribution in [2.75, 3.05) is 0 Å². The van der Waals surface area contributed by atoms with Crippen molar-refractivity contribution in [1.29, 1.82) is 0 Å². The summed E-state index contributed by atoms with van der Waals surface area (Å²) < 4.78 is 35.8. The molecule has 0 aromatic rings. The monoisotopic (exact) mass is 168 g/mol. The van der Waals surface area contributed by atoms with Crippen LogP contribution in [0.25, 0.3) is 0 Å². The maximum atomic E-state index is 11.9. The lowest BCUT2D eigenvalue weighted by Gasteiger charge is -2.16. The molecule has 0 amide bonds. The Morgan fingerprint density at radius 2 is 1.91 bits per heavy atom. The zero-order chi connectivity index (χ0) is 9.07. The van der Waals surface area contributed by atoms with Gasteiger partial charge in [0.1, 0.15) is 5.78 Å². The van der Waals surface area contributed by atoms with Crippen molar-refractivity contribution in [3.63, 3.8) is 0 Å². The quantitative estimate of drug-likeness (QED) is 0.632. The summed E-state index contributed by atoms with van der Waals surface area (Å²) in [4.78, 5) is 10.4. The minimum Gasteiger partial charge on any atom is -0.300 e. The second kappa shape index (κ2) is 3.74. The summed E-state index contributed by atoms with van der Waals surface area (Å²) in [5.41, 5.74) is 0. The molecule has 1 atom stereocenters. The summed E-state index contributed by atoms with van der Waals surface area (Å²) in [6, 6.07) is 0. The summed E-state index contributed by atoms with van der Waals surface area (Å²) in [5, 5.41) is 0. The van der Waals surface area contributed by atoms with E-state index in [1.165, 1.54) is 13.8 Å². The number of ketones is 1. The Morgan fingerprint density at radius 1 is 1.45 bits per heavy atom. The van der Waals surface area contributed by atoms with E-state index in [1.54, 1.807) is 0 Å². The predicted molar refractivity (Wildman–Crippen MR) is 35.1 cm³/mol. The molecule has 0 aromatic carbocycles. The first-order valence-corrected chi connectivity index (χ1v) is 3.44. The van der Waals surface area contributed by atoms with E-state index < -0.39 is 17.9 Å². The fourth-order valence-electron chi connectivity index (χ4n) is 0.839. The van der Waals surface area contributed by atoms with Gasteiger partial charge in [0.2, 0.25) is 0 Å². The molecule has 0 N–H and O–H groups in total. The Bertz CT molecular complexity index is 139. The van der Waals surface area contributed by atoms with Crippen LogP contribution in [0.15, 0.2) is 0 Å². The minimum atomic E-state index is -4.22. The summed E-state index contributed by atoms with van der Waals surface area (Å²) in [5.74, 6) is -1.87. The van der Waals surface area contributed by atoms with Crippen LogP contribution in [0.5, 0.6) is 0 Å². The van der Waals surface area contributed by atoms with Crippen molar-refractivity contribution < 1.29 is 18.0 Å². The summed E-state index contributed by atoms with van der Waals surface area (Å²) in [7, 11) is 0. The third kappa shape index (κ3) is 4.01. The van der Waals surface area contributed by atoms with Crippen molar-refractivity contribution in [1.82, 2.24) is 0 Å². The molecule has 4 heteroatoms. The second-order valence-electron chi connectivity index (χ2n) is 2.55. The van der Waals surface area contributed by atoms with Gasteiger partial charge in [0.25, 0.3) is 0 Å². The van der Waals surface area contributed by atoms with E-state index in [2.05, 4.69) is 0 Å². The smallest absolute Gasteiger partial charge is 0.300 e. The number of alkyl halides is 3. The van der Waals surface area contributed by atoms with E-state index in [0.29, 0.717) is 0 Å². The molecule has 0 fully saturated rings. The Balaban J connectivity index is 4.07. The van der Waals surface area contributed by atoms with Gasteiger partial charge in [-0.15, -0.1) is 0 Å². The Kier molecular flexibility index (Phi) is 3.55. The molecule has 1 nitrogen and oxygen atoms in total. The molecule has 0 radical (unpaired) electrons. The van der Waals surface area contributed by atoms with Crippen molar-refractivity contribution in [3.8, 4) is 0 Å². The lowest BCUT2D eigenvalue weighted by atomic mass is 10.00. The average molecular weight is 168 g/mol. The molecule has 0 heterocycles. The molecule has 0 saturated carbocycles. The SMILES string of the molecule is CCC(CC(C)=O)C(F)(F)F. The Labute approximate surface area is 63.6 Å². The van der Waals surface area contributed by atoms with Gasteiger partial charge in [-0.3, -0.25) is 0 Å². The van der Waals surface area contributed by atoms with E-state index in [9.17, 15) is 18.0 Å². The molecule has 0 aliphatic carbocycles. The highest BCUT2D eigenvalue weighted by Crippen LogP contribution is 2.31. The van der Waals surface area contributed by atoms with E-state index >= 15 is 0 Å². The third-order valence-electron chi connectivity index (χ3n) is 1.49. The van der Waals surface area contributed by atoms with E-state index in [1.807, 2.05) is 0 Å². The van der Waals surface area contributed by atoms with Gasteiger partial charge in [0.15, 0.2) is 0 Å². The van der Waals surface area contributed by atoms with Crippen molar-refractivity contribution in [2.24, 2.45) is 5.92 Å². The number of hydrogen-bond acceptors (Lipinski definition) is 1. The predicted octanol–water partition coefficient (Wildman–Crippen LogP) is 2.55. The first-order valence-electron chi connectivity index (χ1n) is 3.44. The van der Waals surface area contributed by atoms with Crippen LogP contribution >= 0.6 is 0 Å². The van der Waals surface area contributed by atoms with Crippen molar-refractivity contribution in [2.45, 2.75) is 32.9 Å². The fraction of sp³-hybridized carbons (Fsp3) is 0.857. The second-order valence-corrected chi connectivity index (χ2v) is 2.55. The number of hydrogen-bond donors (Lipinski definition) is 0. The van der Waals surface area contributed by atoms with Gasteiger partial charge in [-0.25, -0.2) is 0 Å². The van der Waals surface area contributed by atoms with Crippen LogP contribution in [0.4, 0.5) is 13.2 Å². The van der Waals surface area contributed by atoms with E-state index in [0.717, 1.165) is 0 Å². The lowest BCUT2D eigenvalue weighted by Crippen LogP contribution is -2.24. The summed E-state index contributed by atoms with van der Waals surface area (Å²) in [6.45, 7) is 2.61. The number of carbonyl (C=O) groups excluding carboxylic acids is 1. The van der Waals surface area contributed by atoms with Crippen LogP contribution in [0.3, 0.4) is 0 Å². The largest absolute Gasteiger partial charge is 0.392 e. The molecule has 0 bridgehead atoms. The van der Waals surface area contributed by atoms with Crippen LogP contribution in [-0.4, -0.2) is 12.0 Å². The normalized spacial score (nSPS) is 14.6. The van der Waals surface area contributed by atoms with Crippen LogP contribution in [0.2, 0.25) is 0 Å². The lowest BCUT2D eigenvalue weighted by molar-refractivity contribution is -0.178. The molecule has 66 valence electrons. The molecule has 0 aliphatic heterocycles. The van der Waals surface area contributed by atoms with Crippen LogP contribution in [-0.2, 0) is 4.79 Å². The molecule has 0 saturated heterocycles. The molecule has 0 rings (SSSR count). The third-order valence-corrected chi connectivity index (χ3v) is 1.49. The van der Waals surface area contributed by atoms with E-state index in [-0.39, 0.29) is 12.8 Å². The summed E-state index contributed by atoms with van der Waals surface area (Å²) >= 11 is 0. The van der Waals surface area contributed by atoms with Gasteiger partial charge in [0.05, 0.1) is 5.92 Å². The molecule has 0 spiro atoms. The summed E-state index contributed by atoms with van der Waals surface area (Å²) in [6.07, 6.45) is -4.64. The maximum absolute atomic E-state index is 11.9. The van der Waals surface area contributed by atoms with Gasteiger partial charge in [0, 0.05) is 6.42 Å². The Hall–Kier alpha value is -0.540. The zero-order valence-corrected chi connectivity index (χ0v) is 6.53. The topological polar surface area (TPSA) is 17.1 Å². The standard InChI is InChI=1S/C7H11F3O/c1-3-6(4-5(2)11)7(8,9)10/h6H,3-4H2,1-2H3. The van der Waals surface area contributed by atoms with Crippen LogP contribution in [0, 0.1) is 5.92 Å². The van der Waals surface area contributed by atoms with Crippen molar-refractivity contribution in [3.05, 3.63) is 0 Å². The highest BCUT2D eigenvalue weighted by Gasteiger charge is 2.38. The Morgan fingerprint density at radius 3 is 2.00 bits per heavy atom. The van der Waals surface area contributed by atoms with E-state index in [4.69, 9.17) is 0 Å². The molecule has 0 aromatic heterocycles. The first-order chi connectivity index (χ1) is 4.88. The number of rotatable bonds is 3. The molecule has 11 heavy (non-hydrogen) atoms. The minimum absolute atomic E-state index is 0.0247.